The van der Waals surface area contributed by atoms with Crippen LogP contribution in [0.4, 0.5) is 0 Å². The van der Waals surface area contributed by atoms with Crippen molar-refractivity contribution in [3.05, 3.63) is 41.2 Å². The average molecular weight is 303 g/mol. The van der Waals surface area contributed by atoms with E-state index < -0.39 is 0 Å². The summed E-state index contributed by atoms with van der Waals surface area (Å²) in [6.45, 7) is 2.92. The number of halogens is 1. The molecule has 1 aromatic carbocycles. The molecule has 110 valence electrons. The lowest BCUT2D eigenvalue weighted by molar-refractivity contribution is 0.0846. The number of nitrogens with one attached hydrogen (secondary N) is 1. The molecule has 0 spiro atoms. The van der Waals surface area contributed by atoms with Crippen LogP contribution in [0.3, 0.4) is 0 Å². The summed E-state index contributed by atoms with van der Waals surface area (Å²) < 4.78 is 0. The highest BCUT2D eigenvalue weighted by molar-refractivity contribution is 6.34. The molecule has 0 bridgehead atoms. The molecule has 1 saturated carbocycles. The molecular weight excluding hydrogens is 284 g/mol. The van der Waals surface area contributed by atoms with E-state index in [-0.39, 0.29) is 5.91 Å². The number of amides is 1. The number of benzene rings is 1. The van der Waals surface area contributed by atoms with Crippen molar-refractivity contribution in [2.45, 2.75) is 32.6 Å². The SMILES string of the molecule is CCC1(CNC(=O)c2cc3ccccc3c(Cl)n2)CCC1. The van der Waals surface area contributed by atoms with Crippen molar-refractivity contribution < 1.29 is 4.79 Å². The maximum Gasteiger partial charge on any atom is 0.269 e. The number of carbonyl (C=O) groups is 1. The van der Waals surface area contributed by atoms with Crippen LogP contribution in [0.15, 0.2) is 30.3 Å². The van der Waals surface area contributed by atoms with E-state index >= 15 is 0 Å². The van der Waals surface area contributed by atoms with Crippen LogP contribution >= 0.6 is 11.6 Å². The first-order chi connectivity index (χ1) is 10.1. The van der Waals surface area contributed by atoms with Crippen LogP contribution in [-0.2, 0) is 0 Å². The molecule has 21 heavy (non-hydrogen) atoms. The minimum atomic E-state index is -0.137. The number of nitrogens with zero attached hydrogens (tertiary/aromatic N) is 1. The van der Waals surface area contributed by atoms with E-state index in [1.54, 1.807) is 6.07 Å². The Morgan fingerprint density at radius 2 is 2.14 bits per heavy atom. The van der Waals surface area contributed by atoms with Gasteiger partial charge in [0.1, 0.15) is 10.8 Å². The molecule has 0 aliphatic heterocycles. The maximum absolute atomic E-state index is 12.3. The highest BCUT2D eigenvalue weighted by atomic mass is 35.5. The Morgan fingerprint density at radius 3 is 2.81 bits per heavy atom. The number of rotatable bonds is 4. The van der Waals surface area contributed by atoms with Crippen molar-refractivity contribution in [2.24, 2.45) is 5.41 Å². The predicted molar refractivity (Wildman–Crippen MR) is 85.7 cm³/mol. The first-order valence-electron chi connectivity index (χ1n) is 7.47. The van der Waals surface area contributed by atoms with Crippen LogP contribution in [0.25, 0.3) is 10.8 Å². The van der Waals surface area contributed by atoms with Gasteiger partial charge >= 0.3 is 0 Å². The zero-order valence-corrected chi connectivity index (χ0v) is 12.9. The molecule has 1 amide bonds. The summed E-state index contributed by atoms with van der Waals surface area (Å²) in [5.41, 5.74) is 0.695. The van der Waals surface area contributed by atoms with Gasteiger partial charge in [0.15, 0.2) is 0 Å². The average Bonchev–Trinajstić information content (AvgIpc) is 2.46. The summed E-state index contributed by atoms with van der Waals surface area (Å²) in [5, 5.41) is 5.22. The van der Waals surface area contributed by atoms with Crippen LogP contribution in [0.5, 0.6) is 0 Å². The largest absolute Gasteiger partial charge is 0.350 e. The van der Waals surface area contributed by atoms with Crippen LogP contribution in [0, 0.1) is 5.41 Å². The zero-order valence-electron chi connectivity index (χ0n) is 12.2. The Kier molecular flexibility index (Phi) is 3.85. The number of carbonyl (C=O) groups excluding carboxylic acids is 1. The van der Waals surface area contributed by atoms with E-state index in [2.05, 4.69) is 17.2 Å². The second-order valence-electron chi connectivity index (χ2n) is 5.91. The molecule has 1 fully saturated rings. The molecular formula is C17H19ClN2O. The minimum Gasteiger partial charge on any atom is -0.350 e. The third-order valence-electron chi connectivity index (χ3n) is 4.71. The topological polar surface area (TPSA) is 42.0 Å². The van der Waals surface area contributed by atoms with Crippen LogP contribution in [-0.4, -0.2) is 17.4 Å². The van der Waals surface area contributed by atoms with Crippen molar-refractivity contribution in [3.63, 3.8) is 0 Å². The Labute approximate surface area is 129 Å². The molecule has 2 aromatic rings. The van der Waals surface area contributed by atoms with Gasteiger partial charge in [0.25, 0.3) is 5.91 Å². The van der Waals surface area contributed by atoms with E-state index in [1.807, 2.05) is 24.3 Å². The van der Waals surface area contributed by atoms with Gasteiger partial charge in [-0.25, -0.2) is 4.98 Å². The van der Waals surface area contributed by atoms with E-state index in [4.69, 9.17) is 11.6 Å². The molecule has 0 saturated heterocycles. The molecule has 1 aliphatic rings. The number of fused-ring (bicyclic) bond motifs is 1. The summed E-state index contributed by atoms with van der Waals surface area (Å²) in [6, 6.07) is 9.50. The Balaban J connectivity index is 1.78. The lowest BCUT2D eigenvalue weighted by Gasteiger charge is -2.41. The van der Waals surface area contributed by atoms with Gasteiger partial charge in [-0.3, -0.25) is 4.79 Å². The van der Waals surface area contributed by atoms with Crippen LogP contribution in [0.2, 0.25) is 5.15 Å². The van der Waals surface area contributed by atoms with Crippen molar-refractivity contribution in [1.29, 1.82) is 0 Å². The maximum atomic E-state index is 12.3. The quantitative estimate of drug-likeness (QED) is 0.860. The third-order valence-corrected chi connectivity index (χ3v) is 5.00. The van der Waals surface area contributed by atoms with Gasteiger partial charge in [0, 0.05) is 11.9 Å². The van der Waals surface area contributed by atoms with Gasteiger partial charge in [-0.1, -0.05) is 49.2 Å². The molecule has 3 nitrogen and oxygen atoms in total. The molecule has 4 heteroatoms. The van der Waals surface area contributed by atoms with Gasteiger partial charge in [-0.15, -0.1) is 0 Å². The zero-order chi connectivity index (χ0) is 14.9. The van der Waals surface area contributed by atoms with Gasteiger partial charge in [0.05, 0.1) is 0 Å². The van der Waals surface area contributed by atoms with E-state index in [0.29, 0.717) is 16.3 Å². The predicted octanol–water partition coefficient (Wildman–Crippen LogP) is 4.20. The number of hydrogen-bond acceptors (Lipinski definition) is 2. The number of pyridine rings is 1. The molecule has 1 aromatic heterocycles. The highest BCUT2D eigenvalue weighted by Crippen LogP contribution is 2.43. The summed E-state index contributed by atoms with van der Waals surface area (Å²) in [5.74, 6) is -0.137. The lowest BCUT2D eigenvalue weighted by atomic mass is 9.67. The van der Waals surface area contributed by atoms with Crippen LogP contribution in [0.1, 0.15) is 43.1 Å². The highest BCUT2D eigenvalue weighted by Gasteiger charge is 2.35. The molecule has 0 unspecified atom stereocenters. The molecule has 1 aliphatic carbocycles. The van der Waals surface area contributed by atoms with Crippen molar-refractivity contribution in [3.8, 4) is 0 Å². The fourth-order valence-electron chi connectivity index (χ4n) is 2.96. The van der Waals surface area contributed by atoms with Gasteiger partial charge in [0.2, 0.25) is 0 Å². The summed E-state index contributed by atoms with van der Waals surface area (Å²) in [7, 11) is 0. The first-order valence-corrected chi connectivity index (χ1v) is 7.85. The Hall–Kier alpha value is -1.61. The van der Waals surface area contributed by atoms with E-state index in [9.17, 15) is 4.79 Å². The van der Waals surface area contributed by atoms with Crippen LogP contribution < -0.4 is 5.32 Å². The number of aromatic nitrogens is 1. The standard InChI is InChI=1S/C17H19ClN2O/c1-2-17(8-5-9-17)11-19-16(21)14-10-12-6-3-4-7-13(12)15(18)20-14/h3-4,6-7,10H,2,5,8-9,11H2,1H3,(H,19,21). The fraction of sp³-hybridized carbons (Fsp3) is 0.412. The molecule has 0 radical (unpaired) electrons. The van der Waals surface area contributed by atoms with E-state index in [1.165, 1.54) is 19.3 Å². The Bertz CT molecular complexity index is 674. The smallest absolute Gasteiger partial charge is 0.269 e. The third kappa shape index (κ3) is 2.75. The molecule has 0 atom stereocenters. The molecule has 3 rings (SSSR count). The van der Waals surface area contributed by atoms with Gasteiger partial charge in [-0.2, -0.15) is 0 Å². The van der Waals surface area contributed by atoms with Crippen molar-refractivity contribution in [1.82, 2.24) is 10.3 Å². The van der Waals surface area contributed by atoms with E-state index in [0.717, 1.165) is 23.7 Å². The monoisotopic (exact) mass is 302 g/mol. The van der Waals surface area contributed by atoms with Crippen molar-refractivity contribution in [2.75, 3.05) is 6.54 Å². The fourth-order valence-corrected chi connectivity index (χ4v) is 3.23. The minimum absolute atomic E-state index is 0.137. The normalized spacial score (nSPS) is 16.5. The lowest BCUT2D eigenvalue weighted by Crippen LogP contribution is -2.41. The summed E-state index contributed by atoms with van der Waals surface area (Å²) in [6.07, 6.45) is 4.79. The first kappa shape index (κ1) is 14.3. The summed E-state index contributed by atoms with van der Waals surface area (Å²) in [4.78, 5) is 16.5. The molecule has 1 heterocycles. The Morgan fingerprint density at radius 1 is 1.38 bits per heavy atom. The number of hydrogen-bond donors (Lipinski definition) is 1. The van der Waals surface area contributed by atoms with Crippen molar-refractivity contribution >= 4 is 28.3 Å². The summed E-state index contributed by atoms with van der Waals surface area (Å²) >= 11 is 6.17. The second-order valence-corrected chi connectivity index (χ2v) is 6.27. The molecule has 1 N–H and O–H groups in total. The second kappa shape index (κ2) is 5.64. The van der Waals surface area contributed by atoms with Gasteiger partial charge < -0.3 is 5.32 Å². The van der Waals surface area contributed by atoms with Gasteiger partial charge in [-0.05, 0) is 36.1 Å².